The average molecular weight is 504 g/mol. The Bertz CT molecular complexity index is 2120. The second-order valence-corrected chi connectivity index (χ2v) is 9.44. The zero-order chi connectivity index (χ0) is 25.8. The van der Waals surface area contributed by atoms with Gasteiger partial charge in [-0.3, -0.25) is 4.98 Å². The molecule has 0 N–H and O–H groups in total. The molecule has 39 heavy (non-hydrogen) atoms. The molecular formula is C33H21N5O. The van der Waals surface area contributed by atoms with E-state index >= 15 is 0 Å². The molecule has 0 spiro atoms. The van der Waals surface area contributed by atoms with Crippen LogP contribution in [0.4, 0.5) is 0 Å². The highest BCUT2D eigenvalue weighted by Gasteiger charge is 2.17. The van der Waals surface area contributed by atoms with Gasteiger partial charge in [-0.1, -0.05) is 48.5 Å². The number of hydrogen-bond acceptors (Lipinski definition) is 4. The minimum Gasteiger partial charge on any atom is -0.434 e. The van der Waals surface area contributed by atoms with Gasteiger partial charge in [0.15, 0.2) is 5.58 Å². The minimum absolute atomic E-state index is 0.575. The predicted octanol–water partition coefficient (Wildman–Crippen LogP) is 7.84. The van der Waals surface area contributed by atoms with Crippen molar-refractivity contribution in [1.82, 2.24) is 24.3 Å². The summed E-state index contributed by atoms with van der Waals surface area (Å²) >= 11 is 0. The Morgan fingerprint density at radius 2 is 1.54 bits per heavy atom. The molecule has 0 unspecified atom stereocenters. The van der Waals surface area contributed by atoms with Crippen molar-refractivity contribution in [1.29, 1.82) is 0 Å². The number of rotatable bonds is 4. The average Bonchev–Trinajstić information content (AvgIpc) is 3.75. The quantitative estimate of drug-likeness (QED) is 0.245. The van der Waals surface area contributed by atoms with Crippen LogP contribution in [0.1, 0.15) is 0 Å². The van der Waals surface area contributed by atoms with Crippen molar-refractivity contribution in [2.75, 3.05) is 0 Å². The molecular weight excluding hydrogens is 482 g/mol. The Hall–Kier alpha value is -5.49. The van der Waals surface area contributed by atoms with Crippen molar-refractivity contribution in [2.24, 2.45) is 0 Å². The third-order valence-electron chi connectivity index (χ3n) is 7.13. The van der Waals surface area contributed by atoms with Gasteiger partial charge in [-0.15, -0.1) is 0 Å². The Balaban J connectivity index is 1.34. The monoisotopic (exact) mass is 503 g/mol. The zero-order valence-electron chi connectivity index (χ0n) is 20.8. The molecule has 6 nitrogen and oxygen atoms in total. The van der Waals surface area contributed by atoms with Gasteiger partial charge < -0.3 is 8.98 Å². The smallest absolute Gasteiger partial charge is 0.227 e. The summed E-state index contributed by atoms with van der Waals surface area (Å²) in [5.41, 5.74) is 8.58. The maximum absolute atomic E-state index is 6.37. The van der Waals surface area contributed by atoms with E-state index in [0.717, 1.165) is 44.7 Å². The number of nitrogens with zero attached hydrogens (tertiary/aromatic N) is 5. The van der Waals surface area contributed by atoms with Gasteiger partial charge in [0, 0.05) is 46.2 Å². The van der Waals surface area contributed by atoms with Gasteiger partial charge in [0.25, 0.3) is 0 Å². The molecule has 6 heteroatoms. The standard InChI is InChI=1S/C33H21N5O/c1-2-13-29-25(10-1)26-16-15-23(33-36-28-12-6-14-30(32(28)39-33)37-19-7-18-35-37)21-31(26)38(29)24-9-5-8-22(20-24)27-11-3-4-17-34-27/h1-21H. The number of benzene rings is 4. The summed E-state index contributed by atoms with van der Waals surface area (Å²) in [6.07, 6.45) is 5.49. The summed E-state index contributed by atoms with van der Waals surface area (Å²) in [4.78, 5) is 9.41. The van der Waals surface area contributed by atoms with Crippen LogP contribution in [-0.4, -0.2) is 24.3 Å². The summed E-state index contributed by atoms with van der Waals surface area (Å²) in [6.45, 7) is 0. The van der Waals surface area contributed by atoms with E-state index in [1.807, 2.05) is 54.9 Å². The van der Waals surface area contributed by atoms with E-state index in [9.17, 15) is 0 Å². The highest BCUT2D eigenvalue weighted by Crippen LogP contribution is 2.36. The molecule has 0 fully saturated rings. The second kappa shape index (κ2) is 8.53. The fraction of sp³-hybridized carbons (Fsp3) is 0. The van der Waals surface area contributed by atoms with E-state index in [4.69, 9.17) is 9.40 Å². The molecule has 0 bridgehead atoms. The Morgan fingerprint density at radius 1 is 0.641 bits per heavy atom. The normalized spacial score (nSPS) is 11.6. The summed E-state index contributed by atoms with van der Waals surface area (Å²) in [5, 5.41) is 6.75. The fourth-order valence-electron chi connectivity index (χ4n) is 5.37. The molecule has 184 valence electrons. The van der Waals surface area contributed by atoms with Gasteiger partial charge in [0.05, 0.1) is 16.7 Å². The maximum Gasteiger partial charge on any atom is 0.227 e. The first-order valence-electron chi connectivity index (χ1n) is 12.8. The molecule has 8 aromatic rings. The Morgan fingerprint density at radius 3 is 2.44 bits per heavy atom. The van der Waals surface area contributed by atoms with Gasteiger partial charge in [0.1, 0.15) is 11.2 Å². The van der Waals surface area contributed by atoms with E-state index in [2.05, 4.69) is 81.4 Å². The third-order valence-corrected chi connectivity index (χ3v) is 7.13. The van der Waals surface area contributed by atoms with Crippen LogP contribution in [-0.2, 0) is 0 Å². The number of para-hydroxylation sites is 2. The number of oxazole rings is 1. The molecule has 4 aromatic carbocycles. The molecule has 0 atom stereocenters. The third kappa shape index (κ3) is 3.46. The molecule has 8 rings (SSSR count). The van der Waals surface area contributed by atoms with E-state index in [1.165, 1.54) is 10.8 Å². The van der Waals surface area contributed by atoms with Crippen LogP contribution in [0.3, 0.4) is 0 Å². The number of hydrogen-bond donors (Lipinski definition) is 0. The lowest BCUT2D eigenvalue weighted by Gasteiger charge is -2.10. The molecule has 4 heterocycles. The molecule has 0 aliphatic rings. The molecule has 0 aliphatic heterocycles. The molecule has 0 saturated heterocycles. The SMILES string of the molecule is c1ccc(-c2cccc(-n3c4ccccc4c4ccc(-c5nc6cccc(-n7cccn7)c6o5)cc43)c2)nc1. The first-order chi connectivity index (χ1) is 19.3. The van der Waals surface area contributed by atoms with Crippen molar-refractivity contribution < 1.29 is 4.42 Å². The minimum atomic E-state index is 0.575. The van der Waals surface area contributed by atoms with E-state index in [1.54, 1.807) is 10.9 Å². The summed E-state index contributed by atoms with van der Waals surface area (Å²) in [7, 11) is 0. The molecule has 0 amide bonds. The first kappa shape index (κ1) is 21.6. The lowest BCUT2D eigenvalue weighted by Crippen LogP contribution is -1.95. The summed E-state index contributed by atoms with van der Waals surface area (Å²) < 4.78 is 10.5. The van der Waals surface area contributed by atoms with Crippen LogP contribution in [0, 0.1) is 0 Å². The first-order valence-corrected chi connectivity index (χ1v) is 12.8. The highest BCUT2D eigenvalue weighted by molar-refractivity contribution is 6.10. The topological polar surface area (TPSA) is 61.7 Å². The van der Waals surface area contributed by atoms with Gasteiger partial charge in [-0.25, -0.2) is 9.67 Å². The van der Waals surface area contributed by atoms with E-state index in [0.29, 0.717) is 11.5 Å². The molecule has 0 aliphatic carbocycles. The maximum atomic E-state index is 6.37. The van der Waals surface area contributed by atoms with Crippen LogP contribution in [0.2, 0.25) is 0 Å². The Kier molecular flexibility index (Phi) is 4.72. The highest BCUT2D eigenvalue weighted by atomic mass is 16.3. The van der Waals surface area contributed by atoms with E-state index in [-0.39, 0.29) is 0 Å². The number of fused-ring (bicyclic) bond motifs is 4. The van der Waals surface area contributed by atoms with Gasteiger partial charge in [0.2, 0.25) is 5.89 Å². The van der Waals surface area contributed by atoms with Crippen LogP contribution < -0.4 is 0 Å². The fourth-order valence-corrected chi connectivity index (χ4v) is 5.37. The van der Waals surface area contributed by atoms with Crippen LogP contribution in [0.15, 0.2) is 132 Å². The van der Waals surface area contributed by atoms with Crippen molar-refractivity contribution in [3.05, 3.63) is 128 Å². The van der Waals surface area contributed by atoms with Crippen molar-refractivity contribution in [2.45, 2.75) is 0 Å². The lowest BCUT2D eigenvalue weighted by atomic mass is 10.1. The van der Waals surface area contributed by atoms with Gasteiger partial charge in [-0.2, -0.15) is 5.10 Å². The summed E-state index contributed by atoms with van der Waals surface area (Å²) in [5.74, 6) is 0.575. The summed E-state index contributed by atoms with van der Waals surface area (Å²) in [6, 6.07) is 37.2. The van der Waals surface area contributed by atoms with Gasteiger partial charge >= 0.3 is 0 Å². The van der Waals surface area contributed by atoms with Gasteiger partial charge in [-0.05, 0) is 60.7 Å². The van der Waals surface area contributed by atoms with Crippen LogP contribution in [0.25, 0.3) is 67.0 Å². The second-order valence-electron chi connectivity index (χ2n) is 9.44. The van der Waals surface area contributed by atoms with E-state index < -0.39 is 0 Å². The Labute approximate surface area is 223 Å². The van der Waals surface area contributed by atoms with Crippen molar-refractivity contribution in [3.63, 3.8) is 0 Å². The molecule has 4 aromatic heterocycles. The predicted molar refractivity (Wildman–Crippen MR) is 154 cm³/mol. The number of aromatic nitrogens is 5. The molecule has 0 radical (unpaired) electrons. The largest absolute Gasteiger partial charge is 0.434 e. The van der Waals surface area contributed by atoms with Crippen molar-refractivity contribution >= 4 is 32.9 Å². The zero-order valence-corrected chi connectivity index (χ0v) is 20.8. The number of pyridine rings is 1. The van der Waals surface area contributed by atoms with Crippen molar-refractivity contribution in [3.8, 4) is 34.1 Å². The lowest BCUT2D eigenvalue weighted by molar-refractivity contribution is 0.615. The van der Waals surface area contributed by atoms with Crippen LogP contribution >= 0.6 is 0 Å². The molecule has 0 saturated carbocycles. The van der Waals surface area contributed by atoms with Crippen LogP contribution in [0.5, 0.6) is 0 Å².